The van der Waals surface area contributed by atoms with Gasteiger partial charge < -0.3 is 15.7 Å². The van der Waals surface area contributed by atoms with E-state index in [0.29, 0.717) is 4.88 Å². The first kappa shape index (κ1) is 15.5. The Morgan fingerprint density at radius 1 is 1.42 bits per heavy atom. The summed E-state index contributed by atoms with van der Waals surface area (Å²) >= 11 is 1.31. The summed E-state index contributed by atoms with van der Waals surface area (Å²) in [5, 5.41) is 16.2. The zero-order valence-corrected chi connectivity index (χ0v) is 12.0. The van der Waals surface area contributed by atoms with Crippen molar-refractivity contribution < 1.29 is 14.7 Å². The van der Waals surface area contributed by atoms with Crippen LogP contribution in [0.25, 0.3) is 0 Å². The Morgan fingerprint density at radius 2 is 2.16 bits per heavy atom. The van der Waals surface area contributed by atoms with Gasteiger partial charge in [0.1, 0.15) is 0 Å². The Hall–Kier alpha value is -1.56. The molecule has 2 atom stereocenters. The minimum atomic E-state index is -1.06. The van der Waals surface area contributed by atoms with Crippen LogP contribution in [0.1, 0.15) is 44.0 Å². The fourth-order valence-corrected chi connectivity index (χ4v) is 2.46. The number of hydrogen-bond acceptors (Lipinski definition) is 3. The van der Waals surface area contributed by atoms with Crippen molar-refractivity contribution >= 4 is 23.3 Å². The van der Waals surface area contributed by atoms with Crippen molar-refractivity contribution in [1.82, 2.24) is 10.6 Å². The first-order chi connectivity index (χ1) is 9.04. The third-order valence-corrected chi connectivity index (χ3v) is 3.66. The minimum absolute atomic E-state index is 0.0396. The molecule has 0 saturated heterocycles. The van der Waals surface area contributed by atoms with E-state index in [9.17, 15) is 9.59 Å². The van der Waals surface area contributed by atoms with Crippen LogP contribution in [0.15, 0.2) is 17.5 Å². The standard InChI is InChI=1S/C13H20N2O3S/c1-3-4-6-9(2)14-13(18)15-11(12(16)17)10-7-5-8-19-10/h5,7-9,11H,3-4,6H2,1-2H3,(H,16,17)(H2,14,15,18). The van der Waals surface area contributed by atoms with Crippen LogP contribution >= 0.6 is 11.3 Å². The van der Waals surface area contributed by atoms with E-state index in [1.807, 2.05) is 6.92 Å². The van der Waals surface area contributed by atoms with Gasteiger partial charge in [0.25, 0.3) is 0 Å². The molecule has 0 aliphatic heterocycles. The van der Waals surface area contributed by atoms with E-state index in [0.717, 1.165) is 19.3 Å². The van der Waals surface area contributed by atoms with Crippen LogP contribution in [0.3, 0.4) is 0 Å². The molecule has 5 nitrogen and oxygen atoms in total. The number of carbonyl (C=O) groups is 2. The summed E-state index contributed by atoms with van der Waals surface area (Å²) < 4.78 is 0. The second-order valence-electron chi connectivity index (χ2n) is 4.45. The van der Waals surface area contributed by atoms with Crippen molar-refractivity contribution in [1.29, 1.82) is 0 Å². The lowest BCUT2D eigenvalue weighted by molar-refractivity contribution is -0.139. The Labute approximate surface area is 117 Å². The molecule has 106 valence electrons. The summed E-state index contributed by atoms with van der Waals surface area (Å²) in [7, 11) is 0. The molecule has 0 aromatic carbocycles. The van der Waals surface area contributed by atoms with E-state index in [-0.39, 0.29) is 6.04 Å². The van der Waals surface area contributed by atoms with E-state index in [2.05, 4.69) is 17.6 Å². The number of carboxylic acid groups (broad SMARTS) is 1. The normalized spacial score (nSPS) is 13.6. The molecule has 0 aliphatic rings. The third kappa shape index (κ3) is 5.30. The van der Waals surface area contributed by atoms with Crippen molar-refractivity contribution in [2.24, 2.45) is 0 Å². The molecule has 1 heterocycles. The lowest BCUT2D eigenvalue weighted by Gasteiger charge is -2.17. The first-order valence-corrected chi connectivity index (χ1v) is 7.25. The van der Waals surface area contributed by atoms with Gasteiger partial charge in [-0.05, 0) is 24.8 Å². The highest BCUT2D eigenvalue weighted by Gasteiger charge is 2.23. The first-order valence-electron chi connectivity index (χ1n) is 6.37. The number of hydrogen-bond donors (Lipinski definition) is 3. The zero-order chi connectivity index (χ0) is 14.3. The minimum Gasteiger partial charge on any atom is -0.479 e. The Balaban J connectivity index is 2.51. The number of nitrogens with one attached hydrogen (secondary N) is 2. The Kier molecular flexibility index (Phi) is 6.35. The molecule has 1 aromatic rings. The lowest BCUT2D eigenvalue weighted by atomic mass is 10.1. The summed E-state index contributed by atoms with van der Waals surface area (Å²) in [6.45, 7) is 4.00. The van der Waals surface area contributed by atoms with E-state index in [4.69, 9.17) is 5.11 Å². The summed E-state index contributed by atoms with van der Waals surface area (Å²) in [4.78, 5) is 23.5. The van der Waals surface area contributed by atoms with Gasteiger partial charge in [0, 0.05) is 10.9 Å². The number of thiophene rings is 1. The SMILES string of the molecule is CCCCC(C)NC(=O)NC(C(=O)O)c1cccs1. The Morgan fingerprint density at radius 3 is 2.68 bits per heavy atom. The van der Waals surface area contributed by atoms with Crippen molar-refractivity contribution in [3.05, 3.63) is 22.4 Å². The van der Waals surface area contributed by atoms with Crippen molar-refractivity contribution in [3.63, 3.8) is 0 Å². The van der Waals surface area contributed by atoms with Crippen LogP contribution in [0.4, 0.5) is 4.79 Å². The highest BCUT2D eigenvalue weighted by Crippen LogP contribution is 2.19. The Bertz CT molecular complexity index is 406. The van der Waals surface area contributed by atoms with Crippen molar-refractivity contribution in [2.75, 3.05) is 0 Å². The van der Waals surface area contributed by atoms with Gasteiger partial charge in [0.05, 0.1) is 0 Å². The van der Waals surface area contributed by atoms with E-state index in [1.54, 1.807) is 17.5 Å². The number of carbonyl (C=O) groups excluding carboxylic acids is 1. The molecule has 0 fully saturated rings. The molecule has 19 heavy (non-hydrogen) atoms. The highest BCUT2D eigenvalue weighted by molar-refractivity contribution is 7.10. The third-order valence-electron chi connectivity index (χ3n) is 2.72. The second kappa shape index (κ2) is 7.78. The van der Waals surface area contributed by atoms with E-state index < -0.39 is 18.0 Å². The van der Waals surface area contributed by atoms with Gasteiger partial charge in [-0.2, -0.15) is 0 Å². The van der Waals surface area contributed by atoms with Gasteiger partial charge >= 0.3 is 12.0 Å². The summed E-state index contributed by atoms with van der Waals surface area (Å²) in [6.07, 6.45) is 3.00. The number of carboxylic acids is 1. The van der Waals surface area contributed by atoms with Crippen LogP contribution < -0.4 is 10.6 Å². The van der Waals surface area contributed by atoms with Crippen LogP contribution in [0.2, 0.25) is 0 Å². The molecule has 0 aliphatic carbocycles. The maximum Gasteiger partial charge on any atom is 0.331 e. The molecular formula is C13H20N2O3S. The molecule has 1 rings (SSSR count). The van der Waals surface area contributed by atoms with Gasteiger partial charge in [-0.25, -0.2) is 9.59 Å². The molecular weight excluding hydrogens is 264 g/mol. The quantitative estimate of drug-likeness (QED) is 0.720. The van der Waals surface area contributed by atoms with Crippen LogP contribution in [0, 0.1) is 0 Å². The topological polar surface area (TPSA) is 78.4 Å². The van der Waals surface area contributed by atoms with Gasteiger partial charge in [-0.1, -0.05) is 25.8 Å². The predicted molar refractivity (Wildman–Crippen MR) is 75.4 cm³/mol. The van der Waals surface area contributed by atoms with Gasteiger partial charge in [0.15, 0.2) is 6.04 Å². The predicted octanol–water partition coefficient (Wildman–Crippen LogP) is 2.75. The average molecular weight is 284 g/mol. The average Bonchev–Trinajstić information content (AvgIpc) is 2.86. The lowest BCUT2D eigenvalue weighted by Crippen LogP contribution is -2.44. The van der Waals surface area contributed by atoms with Gasteiger partial charge in [-0.15, -0.1) is 11.3 Å². The van der Waals surface area contributed by atoms with Crippen molar-refractivity contribution in [3.8, 4) is 0 Å². The van der Waals surface area contributed by atoms with Gasteiger partial charge in [-0.3, -0.25) is 0 Å². The molecule has 2 unspecified atom stereocenters. The van der Waals surface area contributed by atoms with E-state index >= 15 is 0 Å². The van der Waals surface area contributed by atoms with Crippen molar-refractivity contribution in [2.45, 2.75) is 45.2 Å². The fraction of sp³-hybridized carbons (Fsp3) is 0.538. The number of unbranched alkanes of at least 4 members (excludes halogenated alkanes) is 1. The molecule has 0 spiro atoms. The number of urea groups is 1. The number of rotatable bonds is 7. The monoisotopic (exact) mass is 284 g/mol. The molecule has 1 aromatic heterocycles. The maximum atomic E-state index is 11.7. The summed E-state index contributed by atoms with van der Waals surface area (Å²) in [6, 6.07) is 2.07. The smallest absolute Gasteiger partial charge is 0.331 e. The number of amides is 2. The van der Waals surface area contributed by atoms with Crippen LogP contribution in [-0.4, -0.2) is 23.1 Å². The van der Waals surface area contributed by atoms with Crippen LogP contribution in [-0.2, 0) is 4.79 Å². The molecule has 2 amide bonds. The molecule has 0 radical (unpaired) electrons. The van der Waals surface area contributed by atoms with Gasteiger partial charge in [0.2, 0.25) is 0 Å². The summed E-state index contributed by atoms with van der Waals surface area (Å²) in [5.74, 6) is -1.06. The fourth-order valence-electron chi connectivity index (χ4n) is 1.69. The highest BCUT2D eigenvalue weighted by atomic mass is 32.1. The largest absolute Gasteiger partial charge is 0.479 e. The zero-order valence-electron chi connectivity index (χ0n) is 11.2. The van der Waals surface area contributed by atoms with Crippen LogP contribution in [0.5, 0.6) is 0 Å². The molecule has 0 saturated carbocycles. The van der Waals surface area contributed by atoms with E-state index in [1.165, 1.54) is 11.3 Å². The molecule has 3 N–H and O–H groups in total. The molecule has 0 bridgehead atoms. The molecule has 6 heteroatoms. The summed E-state index contributed by atoms with van der Waals surface area (Å²) in [5.41, 5.74) is 0. The maximum absolute atomic E-state index is 11.7. The second-order valence-corrected chi connectivity index (χ2v) is 5.43. The number of aliphatic carboxylic acids is 1.